The fourth-order valence-electron chi connectivity index (χ4n) is 3.88. The van der Waals surface area contributed by atoms with Crippen LogP contribution in [0, 0.1) is 25.2 Å². The monoisotopic (exact) mass is 431 g/mol. The number of terminal acetylenes is 1. The summed E-state index contributed by atoms with van der Waals surface area (Å²) in [4.78, 5) is 13.0. The Morgan fingerprint density at radius 1 is 1.23 bits per heavy atom. The molecule has 1 saturated carbocycles. The zero-order valence-electron chi connectivity index (χ0n) is 18.5. The van der Waals surface area contributed by atoms with Crippen molar-refractivity contribution in [3.8, 4) is 12.3 Å². The van der Waals surface area contributed by atoms with Crippen LogP contribution in [0.2, 0.25) is 0 Å². The molecule has 0 amide bonds. The molecule has 0 spiro atoms. The van der Waals surface area contributed by atoms with Gasteiger partial charge in [0.1, 0.15) is 5.60 Å². The zero-order chi connectivity index (χ0) is 22.5. The molecular formula is C24H33NO4S. The summed E-state index contributed by atoms with van der Waals surface area (Å²) in [6.07, 6.45) is 10.3. The summed E-state index contributed by atoms with van der Waals surface area (Å²) in [5.74, 6) is 1.85. The molecule has 1 aliphatic rings. The van der Waals surface area contributed by atoms with Gasteiger partial charge in [0.15, 0.2) is 0 Å². The second kappa shape index (κ2) is 9.80. The molecule has 6 heteroatoms. The summed E-state index contributed by atoms with van der Waals surface area (Å²) in [5, 5.41) is 0. The van der Waals surface area contributed by atoms with Gasteiger partial charge >= 0.3 is 5.97 Å². The summed E-state index contributed by atoms with van der Waals surface area (Å²) in [5.41, 5.74) is 0.395. The molecule has 0 N–H and O–H groups in total. The number of nitrogens with zero attached hydrogens (tertiary/aromatic N) is 1. The molecule has 0 heterocycles. The van der Waals surface area contributed by atoms with Crippen molar-refractivity contribution in [2.45, 2.75) is 76.3 Å². The maximum Gasteiger partial charge on any atom is 0.335 e. The highest BCUT2D eigenvalue weighted by Gasteiger charge is 2.41. The average Bonchev–Trinajstić information content (AvgIpc) is 2.67. The van der Waals surface area contributed by atoms with Gasteiger partial charge in [0.05, 0.1) is 17.5 Å². The predicted molar refractivity (Wildman–Crippen MR) is 119 cm³/mol. The lowest BCUT2D eigenvalue weighted by Crippen LogP contribution is -2.48. The Bertz CT molecular complexity index is 898. The molecule has 0 aliphatic heterocycles. The number of aryl methyl sites for hydroxylation is 1. The molecule has 0 radical (unpaired) electrons. The maximum absolute atomic E-state index is 13.6. The van der Waals surface area contributed by atoms with E-state index in [0.29, 0.717) is 0 Å². The molecule has 0 saturated heterocycles. The molecule has 2 rings (SSSR count). The van der Waals surface area contributed by atoms with Gasteiger partial charge in [-0.25, -0.2) is 13.2 Å². The number of esters is 1. The summed E-state index contributed by atoms with van der Waals surface area (Å²) in [6.45, 7) is 11.1. The van der Waals surface area contributed by atoms with Gasteiger partial charge in [-0.3, -0.25) is 0 Å². The fourth-order valence-corrected chi connectivity index (χ4v) is 5.47. The number of carbonyl (C=O) groups is 1. The third-order valence-corrected chi connectivity index (χ3v) is 7.14. The quantitative estimate of drug-likeness (QED) is 0.363. The first-order valence-corrected chi connectivity index (χ1v) is 11.9. The van der Waals surface area contributed by atoms with Crippen LogP contribution in [0.3, 0.4) is 0 Å². The molecule has 0 bridgehead atoms. The Labute approximate surface area is 181 Å². The maximum atomic E-state index is 13.6. The topological polar surface area (TPSA) is 63.7 Å². The summed E-state index contributed by atoms with van der Waals surface area (Å²) >= 11 is 0. The molecule has 1 aromatic rings. The molecule has 0 aromatic heterocycles. The highest BCUT2D eigenvalue weighted by molar-refractivity contribution is 7.89. The number of ether oxygens (including phenoxy) is 1. The van der Waals surface area contributed by atoms with Crippen LogP contribution in [0.25, 0.3) is 0 Å². The minimum absolute atomic E-state index is 0.0349. The largest absolute Gasteiger partial charge is 0.457 e. The molecule has 0 unspecified atom stereocenters. The van der Waals surface area contributed by atoms with Crippen LogP contribution in [0.5, 0.6) is 0 Å². The molecule has 1 aromatic carbocycles. The normalized spacial score (nSPS) is 16.7. The van der Waals surface area contributed by atoms with Crippen LogP contribution >= 0.6 is 0 Å². The van der Waals surface area contributed by atoms with Crippen LogP contribution in [0.1, 0.15) is 58.4 Å². The lowest BCUT2D eigenvalue weighted by atomic mass is 9.81. The number of rotatable bonds is 7. The van der Waals surface area contributed by atoms with E-state index < -0.39 is 27.6 Å². The van der Waals surface area contributed by atoms with Crippen molar-refractivity contribution in [3.05, 3.63) is 42.0 Å². The van der Waals surface area contributed by atoms with Crippen LogP contribution in [0.15, 0.2) is 41.3 Å². The third-order valence-electron chi connectivity index (χ3n) is 5.30. The van der Waals surface area contributed by atoms with Crippen LogP contribution < -0.4 is 0 Å². The smallest absolute Gasteiger partial charge is 0.335 e. The number of hydrogen-bond acceptors (Lipinski definition) is 4. The van der Waals surface area contributed by atoms with Gasteiger partial charge in [0.25, 0.3) is 0 Å². The van der Waals surface area contributed by atoms with Gasteiger partial charge in [-0.15, -0.1) is 6.42 Å². The van der Waals surface area contributed by atoms with E-state index in [1.807, 2.05) is 6.92 Å². The van der Waals surface area contributed by atoms with Crippen molar-refractivity contribution in [2.24, 2.45) is 5.92 Å². The second-order valence-corrected chi connectivity index (χ2v) is 10.8. The third kappa shape index (κ3) is 5.96. The van der Waals surface area contributed by atoms with Gasteiger partial charge in [-0.05, 0) is 58.6 Å². The Hall–Kier alpha value is -2.10. The van der Waals surface area contributed by atoms with E-state index in [4.69, 9.17) is 11.2 Å². The van der Waals surface area contributed by atoms with Gasteiger partial charge in [-0.2, -0.15) is 4.31 Å². The number of carbonyl (C=O) groups excluding carboxylic acids is 1. The van der Waals surface area contributed by atoms with Gasteiger partial charge in [0, 0.05) is 5.57 Å². The average molecular weight is 432 g/mol. The number of hydrogen-bond donors (Lipinski definition) is 0. The Morgan fingerprint density at radius 3 is 2.30 bits per heavy atom. The number of benzene rings is 1. The Morgan fingerprint density at radius 2 is 1.80 bits per heavy atom. The predicted octanol–water partition coefficient (Wildman–Crippen LogP) is 4.47. The summed E-state index contributed by atoms with van der Waals surface area (Å²) in [6, 6.07) is 5.91. The molecule has 30 heavy (non-hydrogen) atoms. The van der Waals surface area contributed by atoms with Crippen molar-refractivity contribution in [1.29, 1.82) is 0 Å². The minimum atomic E-state index is -3.93. The van der Waals surface area contributed by atoms with E-state index in [9.17, 15) is 13.2 Å². The SMILES string of the molecule is C#CCN([C@H](C(=C)C(=O)OC(C)(C)C)C1CCCCC1)S(=O)(=O)c1ccc(C)cc1. The zero-order valence-corrected chi connectivity index (χ0v) is 19.3. The Balaban J connectivity index is 2.51. The van der Waals surface area contributed by atoms with E-state index in [2.05, 4.69) is 12.5 Å². The molecule has 1 aliphatic carbocycles. The van der Waals surface area contributed by atoms with E-state index in [0.717, 1.165) is 37.7 Å². The van der Waals surface area contributed by atoms with Gasteiger partial charge in [-0.1, -0.05) is 49.5 Å². The van der Waals surface area contributed by atoms with E-state index in [-0.39, 0.29) is 22.9 Å². The number of sulfonamides is 1. The van der Waals surface area contributed by atoms with E-state index in [1.165, 1.54) is 4.31 Å². The van der Waals surface area contributed by atoms with Gasteiger partial charge in [0.2, 0.25) is 10.0 Å². The first-order chi connectivity index (χ1) is 14.0. The second-order valence-electron chi connectivity index (χ2n) is 8.94. The molecule has 5 nitrogen and oxygen atoms in total. The fraction of sp³-hybridized carbons (Fsp3) is 0.542. The standard InChI is InChI=1S/C24H33NO4S/c1-7-17-25(30(27,28)21-15-13-18(2)14-16-21)22(20-11-9-8-10-12-20)19(3)23(26)29-24(4,5)6/h1,13-16,20,22H,3,8-12,17H2,2,4-6H3/t22-/m1/s1. The van der Waals surface area contributed by atoms with E-state index in [1.54, 1.807) is 45.0 Å². The molecular weight excluding hydrogens is 398 g/mol. The summed E-state index contributed by atoms with van der Waals surface area (Å²) in [7, 11) is -3.93. The van der Waals surface area contributed by atoms with Crippen molar-refractivity contribution in [1.82, 2.24) is 4.31 Å². The van der Waals surface area contributed by atoms with E-state index >= 15 is 0 Å². The van der Waals surface area contributed by atoms with Crippen molar-refractivity contribution in [2.75, 3.05) is 6.54 Å². The summed E-state index contributed by atoms with van der Waals surface area (Å²) < 4.78 is 33.9. The Kier molecular flexibility index (Phi) is 7.90. The minimum Gasteiger partial charge on any atom is -0.457 e. The van der Waals surface area contributed by atoms with Crippen LogP contribution in [-0.2, 0) is 19.6 Å². The molecule has 164 valence electrons. The van der Waals surface area contributed by atoms with Crippen molar-refractivity contribution in [3.63, 3.8) is 0 Å². The van der Waals surface area contributed by atoms with Crippen molar-refractivity contribution < 1.29 is 17.9 Å². The van der Waals surface area contributed by atoms with Gasteiger partial charge < -0.3 is 4.74 Å². The molecule has 1 fully saturated rings. The highest BCUT2D eigenvalue weighted by atomic mass is 32.2. The first kappa shape index (κ1) is 24.2. The van der Waals surface area contributed by atoms with Crippen LogP contribution in [0.4, 0.5) is 0 Å². The first-order valence-electron chi connectivity index (χ1n) is 10.4. The lowest BCUT2D eigenvalue weighted by Gasteiger charge is -2.38. The highest BCUT2D eigenvalue weighted by Crippen LogP contribution is 2.35. The molecule has 1 atom stereocenters. The van der Waals surface area contributed by atoms with Crippen LogP contribution in [-0.4, -0.2) is 36.9 Å². The van der Waals surface area contributed by atoms with Crippen molar-refractivity contribution >= 4 is 16.0 Å². The lowest BCUT2D eigenvalue weighted by molar-refractivity contribution is -0.150.